The summed E-state index contributed by atoms with van der Waals surface area (Å²) in [5.74, 6) is 0.248. The molecule has 1 aromatic carbocycles. The lowest BCUT2D eigenvalue weighted by atomic mass is 9.72. The third kappa shape index (κ3) is 4.06. The predicted octanol–water partition coefficient (Wildman–Crippen LogP) is 1.78. The first-order valence-corrected chi connectivity index (χ1v) is 10.7. The van der Waals surface area contributed by atoms with Crippen LogP contribution in [0.5, 0.6) is 0 Å². The SMILES string of the molecule is Cc1nnc(N2CC(Cc3ccccc3F)(C(=O)N3[C@@H]4CC[C@H]3CC(O)C4)C2)o1.O=CO. The molecule has 3 saturated heterocycles. The molecule has 4 heterocycles. The summed E-state index contributed by atoms with van der Waals surface area (Å²) in [6, 6.07) is 7.20. The number of benzene rings is 1. The van der Waals surface area contributed by atoms with Gasteiger partial charge in [0.15, 0.2) is 0 Å². The van der Waals surface area contributed by atoms with Crippen molar-refractivity contribution >= 4 is 18.4 Å². The Balaban J connectivity index is 0.000000775. The summed E-state index contributed by atoms with van der Waals surface area (Å²) in [5, 5.41) is 24.9. The molecule has 5 rings (SSSR count). The van der Waals surface area contributed by atoms with Gasteiger partial charge < -0.3 is 24.4 Å². The van der Waals surface area contributed by atoms with Crippen molar-refractivity contribution in [3.63, 3.8) is 0 Å². The van der Waals surface area contributed by atoms with Crippen LogP contribution < -0.4 is 4.90 Å². The van der Waals surface area contributed by atoms with Crippen LogP contribution in [0.3, 0.4) is 0 Å². The molecule has 3 atom stereocenters. The zero-order valence-electron chi connectivity index (χ0n) is 17.9. The van der Waals surface area contributed by atoms with E-state index in [1.807, 2.05) is 9.80 Å². The fourth-order valence-corrected chi connectivity index (χ4v) is 5.32. The highest BCUT2D eigenvalue weighted by Gasteiger charge is 2.56. The van der Waals surface area contributed by atoms with Crippen LogP contribution in [0.4, 0.5) is 10.4 Å². The summed E-state index contributed by atoms with van der Waals surface area (Å²) in [6.45, 7) is 2.31. The van der Waals surface area contributed by atoms with Crippen molar-refractivity contribution in [1.29, 1.82) is 0 Å². The van der Waals surface area contributed by atoms with Crippen LogP contribution in [0.15, 0.2) is 28.7 Å². The number of aryl methyl sites for hydroxylation is 1. The van der Waals surface area contributed by atoms with Crippen LogP contribution in [0.25, 0.3) is 0 Å². The summed E-state index contributed by atoms with van der Waals surface area (Å²) >= 11 is 0. The van der Waals surface area contributed by atoms with Gasteiger partial charge in [0, 0.05) is 32.1 Å². The van der Waals surface area contributed by atoms with Gasteiger partial charge in [-0.3, -0.25) is 9.59 Å². The van der Waals surface area contributed by atoms with E-state index in [-0.39, 0.29) is 36.4 Å². The lowest BCUT2D eigenvalue weighted by molar-refractivity contribution is -0.150. The number of carbonyl (C=O) groups excluding carboxylic acids is 1. The minimum Gasteiger partial charge on any atom is -0.483 e. The second-order valence-electron chi connectivity index (χ2n) is 8.84. The lowest BCUT2D eigenvalue weighted by Gasteiger charge is -2.52. The van der Waals surface area contributed by atoms with Crippen molar-refractivity contribution in [1.82, 2.24) is 15.1 Å². The molecule has 172 valence electrons. The fraction of sp³-hybridized carbons (Fsp3) is 0.545. The van der Waals surface area contributed by atoms with Crippen LogP contribution in [-0.4, -0.2) is 69.0 Å². The molecule has 1 aromatic heterocycles. The molecule has 1 unspecified atom stereocenters. The van der Waals surface area contributed by atoms with Gasteiger partial charge in [-0.05, 0) is 43.7 Å². The smallest absolute Gasteiger partial charge is 0.318 e. The minimum atomic E-state index is -0.728. The predicted molar refractivity (Wildman–Crippen MR) is 111 cm³/mol. The van der Waals surface area contributed by atoms with Gasteiger partial charge in [0.05, 0.1) is 11.5 Å². The van der Waals surface area contributed by atoms with Crippen LogP contribution in [-0.2, 0) is 16.0 Å². The normalized spacial score (nSPS) is 25.5. The van der Waals surface area contributed by atoms with E-state index < -0.39 is 5.41 Å². The van der Waals surface area contributed by atoms with E-state index in [9.17, 15) is 14.3 Å². The van der Waals surface area contributed by atoms with Gasteiger partial charge in [-0.2, -0.15) is 0 Å². The zero-order valence-corrected chi connectivity index (χ0v) is 17.9. The molecule has 2 aromatic rings. The molecule has 2 N–H and O–H groups in total. The van der Waals surface area contributed by atoms with Crippen molar-refractivity contribution in [2.75, 3.05) is 18.0 Å². The molecule has 3 aliphatic rings. The minimum absolute atomic E-state index is 0.0626. The molecule has 2 bridgehead atoms. The first-order chi connectivity index (χ1) is 15.4. The quantitative estimate of drug-likeness (QED) is 0.682. The Labute approximate surface area is 184 Å². The maximum Gasteiger partial charge on any atom is 0.318 e. The van der Waals surface area contributed by atoms with Crippen molar-refractivity contribution < 1.29 is 28.6 Å². The van der Waals surface area contributed by atoms with Gasteiger partial charge in [0.2, 0.25) is 11.8 Å². The number of halogens is 1. The molecular formula is C22H27FN4O5. The summed E-state index contributed by atoms with van der Waals surface area (Å²) in [4.78, 5) is 26.0. The first kappa shape index (κ1) is 22.2. The van der Waals surface area contributed by atoms with Gasteiger partial charge in [-0.25, -0.2) is 4.39 Å². The van der Waals surface area contributed by atoms with E-state index >= 15 is 0 Å². The van der Waals surface area contributed by atoms with E-state index in [1.54, 1.807) is 25.1 Å². The monoisotopic (exact) mass is 446 g/mol. The Morgan fingerprint density at radius 2 is 1.88 bits per heavy atom. The fourth-order valence-electron chi connectivity index (χ4n) is 5.32. The third-order valence-corrected chi connectivity index (χ3v) is 6.66. The average Bonchev–Trinajstić information content (AvgIpc) is 3.27. The molecular weight excluding hydrogens is 419 g/mol. The number of hydrogen-bond donors (Lipinski definition) is 2. The Bertz CT molecular complexity index is 963. The van der Waals surface area contributed by atoms with Crippen LogP contribution in [0.1, 0.15) is 37.1 Å². The van der Waals surface area contributed by atoms with Crippen molar-refractivity contribution in [3.8, 4) is 0 Å². The van der Waals surface area contributed by atoms with Crippen LogP contribution in [0, 0.1) is 18.2 Å². The number of aliphatic hydroxyl groups excluding tert-OH is 1. The highest BCUT2D eigenvalue weighted by atomic mass is 19.1. The number of amides is 1. The number of carboxylic acid groups (broad SMARTS) is 1. The van der Waals surface area contributed by atoms with Crippen molar-refractivity contribution in [2.45, 2.75) is 57.2 Å². The lowest BCUT2D eigenvalue weighted by Crippen LogP contribution is -2.67. The van der Waals surface area contributed by atoms with Gasteiger partial charge in [-0.1, -0.05) is 23.3 Å². The highest BCUT2D eigenvalue weighted by molar-refractivity contribution is 5.87. The number of aromatic nitrogens is 2. The molecule has 3 fully saturated rings. The maximum absolute atomic E-state index is 14.4. The summed E-state index contributed by atoms with van der Waals surface area (Å²) in [7, 11) is 0. The largest absolute Gasteiger partial charge is 0.483 e. The maximum atomic E-state index is 14.4. The molecule has 32 heavy (non-hydrogen) atoms. The summed E-state index contributed by atoms with van der Waals surface area (Å²) in [6.07, 6.45) is 3.11. The van der Waals surface area contributed by atoms with Crippen LogP contribution >= 0.6 is 0 Å². The number of hydrogen-bond acceptors (Lipinski definition) is 7. The molecule has 0 aliphatic carbocycles. The third-order valence-electron chi connectivity index (χ3n) is 6.66. The van der Waals surface area contributed by atoms with Gasteiger partial charge in [0.1, 0.15) is 5.82 Å². The second-order valence-corrected chi connectivity index (χ2v) is 8.84. The summed E-state index contributed by atoms with van der Waals surface area (Å²) in [5.41, 5.74) is -0.181. The van der Waals surface area contributed by atoms with E-state index in [2.05, 4.69) is 10.2 Å². The summed E-state index contributed by atoms with van der Waals surface area (Å²) < 4.78 is 19.9. The number of aliphatic hydroxyl groups is 1. The molecule has 9 nitrogen and oxygen atoms in total. The Morgan fingerprint density at radius 1 is 1.25 bits per heavy atom. The topological polar surface area (TPSA) is 120 Å². The molecule has 10 heteroatoms. The van der Waals surface area contributed by atoms with Gasteiger partial charge in [0.25, 0.3) is 6.47 Å². The van der Waals surface area contributed by atoms with E-state index in [1.165, 1.54) is 6.07 Å². The standard InChI is InChI=1S/C21H25FN4O3.CH2O2/c1-13-23-24-20(29-13)25-11-21(12-25,10-14-4-2-3-5-18(14)22)19(28)26-15-6-7-16(26)9-17(27)8-15;2-1-3/h2-5,15-17,27H,6-12H2,1H3;1H,(H,2,3)/t15-,16+,17?;. The van der Waals surface area contributed by atoms with Gasteiger partial charge in [-0.15, -0.1) is 5.10 Å². The first-order valence-electron chi connectivity index (χ1n) is 10.7. The van der Waals surface area contributed by atoms with E-state index in [0.717, 1.165) is 12.8 Å². The van der Waals surface area contributed by atoms with Crippen LogP contribution in [0.2, 0.25) is 0 Å². The van der Waals surface area contributed by atoms with Crippen molar-refractivity contribution in [3.05, 3.63) is 41.5 Å². The highest BCUT2D eigenvalue weighted by Crippen LogP contribution is 2.44. The number of fused-ring (bicyclic) bond motifs is 2. The number of nitrogens with zero attached hydrogens (tertiary/aromatic N) is 4. The Kier molecular flexibility index (Phi) is 6.14. The Morgan fingerprint density at radius 3 is 2.44 bits per heavy atom. The Hall–Kier alpha value is -3.01. The average molecular weight is 446 g/mol. The second kappa shape index (κ2) is 8.85. The van der Waals surface area contributed by atoms with E-state index in [4.69, 9.17) is 14.3 Å². The van der Waals surface area contributed by atoms with Crippen molar-refractivity contribution in [2.24, 2.45) is 5.41 Å². The van der Waals surface area contributed by atoms with Gasteiger partial charge >= 0.3 is 6.01 Å². The number of carbonyl (C=O) groups is 2. The number of rotatable bonds is 4. The number of anilines is 1. The molecule has 0 saturated carbocycles. The molecule has 0 radical (unpaired) electrons. The molecule has 0 spiro atoms. The zero-order chi connectivity index (χ0) is 22.9. The molecule has 3 aliphatic heterocycles. The number of piperidine rings is 1. The van der Waals surface area contributed by atoms with E-state index in [0.29, 0.717) is 49.8 Å². The molecule has 1 amide bonds.